The molecule has 1 aliphatic carbocycles. The summed E-state index contributed by atoms with van der Waals surface area (Å²) in [6.07, 6.45) is 6.30. The molecule has 0 radical (unpaired) electrons. The molecule has 3 heteroatoms. The van der Waals surface area contributed by atoms with Crippen LogP contribution in [0, 0.1) is 0 Å². The maximum absolute atomic E-state index is 5.37. The summed E-state index contributed by atoms with van der Waals surface area (Å²) in [5.74, 6) is 1.69. The normalized spacial score (nSPS) is 19.8. The van der Waals surface area contributed by atoms with Crippen LogP contribution in [0.2, 0.25) is 0 Å². The van der Waals surface area contributed by atoms with Crippen LogP contribution in [0.1, 0.15) is 26.7 Å². The molecule has 1 heterocycles. The van der Waals surface area contributed by atoms with Gasteiger partial charge in [-0.15, -0.1) is 0 Å². The van der Waals surface area contributed by atoms with E-state index in [9.17, 15) is 0 Å². The Morgan fingerprint density at radius 3 is 2.39 bits per heavy atom. The van der Waals surface area contributed by atoms with E-state index in [2.05, 4.69) is 24.1 Å². The molecule has 0 unspecified atom stereocenters. The Kier molecular flexibility index (Phi) is 5.99. The summed E-state index contributed by atoms with van der Waals surface area (Å²) in [6.45, 7) is 6.17. The Hall–Kier alpha value is -1.22. The van der Waals surface area contributed by atoms with Gasteiger partial charge in [0.25, 0.3) is 0 Å². The van der Waals surface area contributed by atoms with Gasteiger partial charge in [0.2, 0.25) is 0 Å². The van der Waals surface area contributed by atoms with Crippen molar-refractivity contribution in [1.29, 1.82) is 0 Å². The molecule has 1 aliphatic heterocycles. The zero-order valence-corrected chi connectivity index (χ0v) is 12.2. The van der Waals surface area contributed by atoms with E-state index in [4.69, 9.17) is 9.47 Å². The lowest BCUT2D eigenvalue weighted by Gasteiger charge is -2.25. The van der Waals surface area contributed by atoms with Gasteiger partial charge in [-0.1, -0.05) is 13.8 Å². The van der Waals surface area contributed by atoms with Crippen LogP contribution in [0.5, 0.6) is 0 Å². The van der Waals surface area contributed by atoms with E-state index in [1.807, 2.05) is 13.8 Å². The number of ether oxygens (including phenoxy) is 2. The molecule has 0 N–H and O–H groups in total. The molecule has 0 aromatic heterocycles. The number of hydrogen-bond acceptors (Lipinski definition) is 3. The van der Waals surface area contributed by atoms with Crippen molar-refractivity contribution in [3.05, 3.63) is 34.8 Å². The Bertz CT molecular complexity index is 367. The average Bonchev–Trinajstić information content (AvgIpc) is 2.59. The highest BCUT2D eigenvalue weighted by Crippen LogP contribution is 2.28. The molecule has 0 atom stereocenters. The van der Waals surface area contributed by atoms with E-state index in [0.717, 1.165) is 37.4 Å². The number of hydrogen-bond donors (Lipinski definition) is 0. The van der Waals surface area contributed by atoms with Crippen molar-refractivity contribution in [2.75, 3.05) is 34.4 Å². The minimum absolute atomic E-state index is 0.844. The first-order valence-corrected chi connectivity index (χ1v) is 6.64. The maximum Gasteiger partial charge on any atom is 0.160 e. The lowest BCUT2D eigenvalue weighted by Crippen LogP contribution is -2.27. The SMILES string of the molecule is CC.COC1=CCC2=C(C=C1OC)CCN(C)C2. The van der Waals surface area contributed by atoms with Crippen LogP contribution in [0.15, 0.2) is 34.8 Å². The largest absolute Gasteiger partial charge is 0.493 e. The fourth-order valence-corrected chi connectivity index (χ4v) is 2.25. The third-order valence-corrected chi connectivity index (χ3v) is 3.20. The van der Waals surface area contributed by atoms with E-state index >= 15 is 0 Å². The van der Waals surface area contributed by atoms with E-state index in [1.54, 1.807) is 14.2 Å². The van der Waals surface area contributed by atoms with Crippen LogP contribution in [-0.2, 0) is 9.47 Å². The minimum atomic E-state index is 0.844. The fraction of sp³-hybridized carbons (Fsp3) is 0.600. The zero-order chi connectivity index (χ0) is 13.5. The molecule has 3 nitrogen and oxygen atoms in total. The Labute approximate surface area is 111 Å². The Morgan fingerprint density at radius 2 is 1.78 bits per heavy atom. The number of methoxy groups -OCH3 is 2. The van der Waals surface area contributed by atoms with Crippen LogP contribution in [0.4, 0.5) is 0 Å². The van der Waals surface area contributed by atoms with Crippen LogP contribution < -0.4 is 0 Å². The van der Waals surface area contributed by atoms with Gasteiger partial charge in [-0.3, -0.25) is 0 Å². The molecular weight excluding hydrogens is 226 g/mol. The van der Waals surface area contributed by atoms with Crippen LogP contribution in [-0.4, -0.2) is 39.3 Å². The predicted octanol–water partition coefficient (Wildman–Crippen LogP) is 3.11. The van der Waals surface area contributed by atoms with Crippen molar-refractivity contribution in [2.45, 2.75) is 26.7 Å². The summed E-state index contributed by atoms with van der Waals surface area (Å²) >= 11 is 0. The fourth-order valence-electron chi connectivity index (χ4n) is 2.25. The lowest BCUT2D eigenvalue weighted by molar-refractivity contribution is 0.219. The first-order chi connectivity index (χ1) is 8.74. The zero-order valence-electron chi connectivity index (χ0n) is 12.2. The highest BCUT2D eigenvalue weighted by molar-refractivity contribution is 5.40. The molecule has 0 spiro atoms. The van der Waals surface area contributed by atoms with E-state index in [1.165, 1.54) is 11.1 Å². The average molecular weight is 251 g/mol. The summed E-state index contributed by atoms with van der Waals surface area (Å²) < 4.78 is 10.7. The maximum atomic E-state index is 5.37. The summed E-state index contributed by atoms with van der Waals surface area (Å²) in [5, 5.41) is 0. The van der Waals surface area contributed by atoms with Crippen molar-refractivity contribution >= 4 is 0 Å². The van der Waals surface area contributed by atoms with Crippen molar-refractivity contribution < 1.29 is 9.47 Å². The molecule has 102 valence electrons. The molecule has 0 amide bonds. The molecule has 0 aromatic carbocycles. The smallest absolute Gasteiger partial charge is 0.160 e. The second kappa shape index (κ2) is 7.27. The molecule has 0 fully saturated rings. The van der Waals surface area contributed by atoms with Crippen LogP contribution in [0.3, 0.4) is 0 Å². The summed E-state index contributed by atoms with van der Waals surface area (Å²) in [5.41, 5.74) is 2.90. The quantitative estimate of drug-likeness (QED) is 0.752. The van der Waals surface area contributed by atoms with Gasteiger partial charge in [0, 0.05) is 13.1 Å². The van der Waals surface area contributed by atoms with E-state index < -0.39 is 0 Å². The number of allylic oxidation sites excluding steroid dienone is 2. The van der Waals surface area contributed by atoms with Crippen molar-refractivity contribution in [2.24, 2.45) is 0 Å². The molecule has 0 saturated carbocycles. The van der Waals surface area contributed by atoms with Gasteiger partial charge in [0.05, 0.1) is 14.2 Å². The molecule has 0 bridgehead atoms. The molecular formula is C15H25NO2. The van der Waals surface area contributed by atoms with Crippen LogP contribution >= 0.6 is 0 Å². The van der Waals surface area contributed by atoms with Gasteiger partial charge in [-0.25, -0.2) is 0 Å². The van der Waals surface area contributed by atoms with Gasteiger partial charge in [0.1, 0.15) is 0 Å². The van der Waals surface area contributed by atoms with E-state index in [-0.39, 0.29) is 0 Å². The van der Waals surface area contributed by atoms with Crippen molar-refractivity contribution in [3.8, 4) is 0 Å². The van der Waals surface area contributed by atoms with Crippen molar-refractivity contribution in [3.63, 3.8) is 0 Å². The number of likely N-dealkylation sites (N-methyl/N-ethyl adjacent to an activating group) is 1. The van der Waals surface area contributed by atoms with Gasteiger partial charge in [0.15, 0.2) is 11.5 Å². The minimum Gasteiger partial charge on any atom is -0.493 e. The summed E-state index contributed by atoms with van der Waals surface area (Å²) in [6, 6.07) is 0. The second-order valence-electron chi connectivity index (χ2n) is 4.31. The molecule has 0 aromatic rings. The third-order valence-electron chi connectivity index (χ3n) is 3.20. The number of rotatable bonds is 2. The molecule has 2 rings (SSSR count). The monoisotopic (exact) mass is 251 g/mol. The van der Waals surface area contributed by atoms with Crippen LogP contribution in [0.25, 0.3) is 0 Å². The topological polar surface area (TPSA) is 21.7 Å². The highest BCUT2D eigenvalue weighted by Gasteiger charge is 2.19. The van der Waals surface area contributed by atoms with Crippen molar-refractivity contribution in [1.82, 2.24) is 4.90 Å². The molecule has 2 aliphatic rings. The second-order valence-corrected chi connectivity index (χ2v) is 4.31. The third kappa shape index (κ3) is 3.39. The Balaban J connectivity index is 0.000000771. The Morgan fingerprint density at radius 1 is 1.11 bits per heavy atom. The highest BCUT2D eigenvalue weighted by atomic mass is 16.5. The molecule has 18 heavy (non-hydrogen) atoms. The lowest BCUT2D eigenvalue weighted by atomic mass is 9.98. The standard InChI is InChI=1S/C13H19NO2.C2H6/c1-14-7-6-10-8-13(16-3)12(15-2)5-4-11(10)9-14;1-2/h5,8H,4,6-7,9H2,1-3H3;1-2H3. The molecule has 0 saturated heterocycles. The number of nitrogens with zero attached hydrogens (tertiary/aromatic N) is 1. The summed E-state index contributed by atoms with van der Waals surface area (Å²) in [7, 11) is 5.55. The first-order valence-electron chi connectivity index (χ1n) is 6.64. The van der Waals surface area contributed by atoms with Gasteiger partial charge >= 0.3 is 0 Å². The van der Waals surface area contributed by atoms with Gasteiger partial charge in [-0.2, -0.15) is 0 Å². The predicted molar refractivity (Wildman–Crippen MR) is 75.3 cm³/mol. The van der Waals surface area contributed by atoms with Gasteiger partial charge < -0.3 is 14.4 Å². The first kappa shape index (κ1) is 14.8. The van der Waals surface area contributed by atoms with E-state index in [0.29, 0.717) is 0 Å². The van der Waals surface area contributed by atoms with Gasteiger partial charge in [-0.05, 0) is 43.2 Å². The summed E-state index contributed by atoms with van der Waals surface area (Å²) in [4.78, 5) is 2.35.